The van der Waals surface area contributed by atoms with E-state index in [1.807, 2.05) is 29.2 Å². The van der Waals surface area contributed by atoms with Gasteiger partial charge in [-0.3, -0.25) is 4.79 Å². The molecule has 1 saturated heterocycles. The number of hydrogen-bond donors (Lipinski definition) is 0. The molecule has 0 bridgehead atoms. The standard InChI is InChI=1S/C15H18Cl2N2O2/c1-21-13-5-3-2-4-12(13)18-6-8-19(9-7-18)14(20)11-10-15(11,16)17/h2-5,11H,6-10H2,1H3. The van der Waals surface area contributed by atoms with Crippen molar-refractivity contribution >= 4 is 34.8 Å². The Morgan fingerprint density at radius 1 is 1.24 bits per heavy atom. The highest BCUT2D eigenvalue weighted by Crippen LogP contribution is 2.54. The largest absolute Gasteiger partial charge is 0.495 e. The van der Waals surface area contributed by atoms with Gasteiger partial charge in [0.15, 0.2) is 0 Å². The van der Waals surface area contributed by atoms with Crippen LogP contribution in [0.2, 0.25) is 0 Å². The number of amides is 1. The molecule has 114 valence electrons. The van der Waals surface area contributed by atoms with Crippen molar-refractivity contribution in [1.29, 1.82) is 0 Å². The maximum Gasteiger partial charge on any atom is 0.228 e. The number of methoxy groups -OCH3 is 1. The van der Waals surface area contributed by atoms with E-state index in [9.17, 15) is 4.79 Å². The van der Waals surface area contributed by atoms with Crippen LogP contribution in [-0.4, -0.2) is 48.4 Å². The van der Waals surface area contributed by atoms with E-state index in [4.69, 9.17) is 27.9 Å². The fourth-order valence-corrected chi connectivity index (χ4v) is 3.26. The highest BCUT2D eigenvalue weighted by Gasteiger charge is 2.57. The second-order valence-electron chi connectivity index (χ2n) is 5.50. The highest BCUT2D eigenvalue weighted by atomic mass is 35.5. The normalized spacial score (nSPS) is 23.9. The van der Waals surface area contributed by atoms with Gasteiger partial charge in [-0.25, -0.2) is 0 Å². The number of carbonyl (C=O) groups is 1. The van der Waals surface area contributed by atoms with Crippen molar-refractivity contribution in [2.75, 3.05) is 38.2 Å². The molecule has 21 heavy (non-hydrogen) atoms. The summed E-state index contributed by atoms with van der Waals surface area (Å²) in [6, 6.07) is 7.94. The second-order valence-corrected chi connectivity index (χ2v) is 7.04. The molecule has 0 radical (unpaired) electrons. The molecule has 0 N–H and O–H groups in total. The Bertz CT molecular complexity index is 542. The minimum Gasteiger partial charge on any atom is -0.495 e. The molecular weight excluding hydrogens is 311 g/mol. The SMILES string of the molecule is COc1ccccc1N1CCN(C(=O)C2CC2(Cl)Cl)CC1. The van der Waals surface area contributed by atoms with Crippen LogP contribution in [0, 0.1) is 5.92 Å². The van der Waals surface area contributed by atoms with Crippen molar-refractivity contribution in [3.63, 3.8) is 0 Å². The average molecular weight is 329 g/mol. The maximum absolute atomic E-state index is 12.3. The number of para-hydroxylation sites is 2. The summed E-state index contributed by atoms with van der Waals surface area (Å²) in [5.41, 5.74) is 1.07. The summed E-state index contributed by atoms with van der Waals surface area (Å²) in [7, 11) is 1.67. The summed E-state index contributed by atoms with van der Waals surface area (Å²) in [4.78, 5) is 16.4. The second kappa shape index (κ2) is 5.58. The molecule has 0 spiro atoms. The summed E-state index contributed by atoms with van der Waals surface area (Å²) in [5, 5.41) is 0. The molecule has 4 nitrogen and oxygen atoms in total. The van der Waals surface area contributed by atoms with Gasteiger partial charge in [-0.15, -0.1) is 23.2 Å². The number of anilines is 1. The van der Waals surface area contributed by atoms with E-state index in [1.54, 1.807) is 7.11 Å². The first-order valence-corrected chi connectivity index (χ1v) is 7.83. The summed E-state index contributed by atoms with van der Waals surface area (Å²) in [5.74, 6) is 0.721. The molecule has 1 aliphatic carbocycles. The van der Waals surface area contributed by atoms with Gasteiger partial charge in [-0.2, -0.15) is 0 Å². The van der Waals surface area contributed by atoms with Gasteiger partial charge in [0.2, 0.25) is 5.91 Å². The fraction of sp³-hybridized carbons (Fsp3) is 0.533. The van der Waals surface area contributed by atoms with Crippen LogP contribution in [0.1, 0.15) is 6.42 Å². The smallest absolute Gasteiger partial charge is 0.228 e. The van der Waals surface area contributed by atoms with E-state index in [2.05, 4.69) is 4.90 Å². The predicted molar refractivity (Wildman–Crippen MR) is 84.3 cm³/mol. The maximum atomic E-state index is 12.3. The quantitative estimate of drug-likeness (QED) is 0.799. The molecule has 1 saturated carbocycles. The molecule has 1 heterocycles. The summed E-state index contributed by atoms with van der Waals surface area (Å²) < 4.78 is 4.55. The summed E-state index contributed by atoms with van der Waals surface area (Å²) >= 11 is 12.0. The average Bonchev–Trinajstić information content (AvgIpc) is 3.15. The Labute approximate surface area is 134 Å². The predicted octanol–water partition coefficient (Wildman–Crippen LogP) is 2.54. The molecule has 1 amide bonds. The molecule has 1 aromatic rings. The van der Waals surface area contributed by atoms with Gasteiger partial charge >= 0.3 is 0 Å². The summed E-state index contributed by atoms with van der Waals surface area (Å²) in [6.07, 6.45) is 0.571. The Morgan fingerprint density at radius 3 is 2.43 bits per heavy atom. The zero-order valence-electron chi connectivity index (χ0n) is 11.9. The lowest BCUT2D eigenvalue weighted by molar-refractivity contribution is -0.132. The van der Waals surface area contributed by atoms with Crippen molar-refractivity contribution in [2.45, 2.75) is 10.8 Å². The summed E-state index contributed by atoms with van der Waals surface area (Å²) in [6.45, 7) is 2.96. The van der Waals surface area contributed by atoms with E-state index in [1.165, 1.54) is 0 Å². The van der Waals surface area contributed by atoms with Gasteiger partial charge < -0.3 is 14.5 Å². The van der Waals surface area contributed by atoms with Crippen LogP contribution in [0.3, 0.4) is 0 Å². The first kappa shape index (κ1) is 14.8. The van der Waals surface area contributed by atoms with Crippen molar-refractivity contribution in [1.82, 2.24) is 4.90 Å². The number of benzene rings is 1. The van der Waals surface area contributed by atoms with Crippen LogP contribution in [0.15, 0.2) is 24.3 Å². The molecule has 1 atom stereocenters. The van der Waals surface area contributed by atoms with Crippen LogP contribution in [0.25, 0.3) is 0 Å². The molecule has 0 aromatic heterocycles. The van der Waals surface area contributed by atoms with Crippen molar-refractivity contribution in [3.05, 3.63) is 24.3 Å². The molecule has 3 rings (SSSR count). The Balaban J connectivity index is 1.62. The van der Waals surface area contributed by atoms with Crippen LogP contribution in [0.5, 0.6) is 5.75 Å². The third-order valence-corrected chi connectivity index (χ3v) is 4.98. The number of rotatable bonds is 3. The molecular formula is C15H18Cl2N2O2. The minimum atomic E-state index is -0.836. The molecule has 1 unspecified atom stereocenters. The van der Waals surface area contributed by atoms with E-state index in [-0.39, 0.29) is 11.8 Å². The lowest BCUT2D eigenvalue weighted by Crippen LogP contribution is -2.49. The molecule has 2 aliphatic rings. The zero-order chi connectivity index (χ0) is 15.0. The van der Waals surface area contributed by atoms with Crippen molar-refractivity contribution in [3.8, 4) is 5.75 Å². The van der Waals surface area contributed by atoms with Gasteiger partial charge in [0, 0.05) is 26.2 Å². The molecule has 1 aliphatic heterocycles. The number of piperazine rings is 1. The van der Waals surface area contributed by atoms with E-state index >= 15 is 0 Å². The number of ether oxygens (including phenoxy) is 1. The van der Waals surface area contributed by atoms with Crippen LogP contribution >= 0.6 is 23.2 Å². The molecule has 1 aromatic carbocycles. The fourth-order valence-electron chi connectivity index (χ4n) is 2.76. The first-order valence-electron chi connectivity index (χ1n) is 7.07. The highest BCUT2D eigenvalue weighted by molar-refractivity contribution is 6.52. The van der Waals surface area contributed by atoms with Gasteiger partial charge in [-0.05, 0) is 18.6 Å². The zero-order valence-corrected chi connectivity index (χ0v) is 13.4. The van der Waals surface area contributed by atoms with Crippen LogP contribution in [-0.2, 0) is 4.79 Å². The third-order valence-electron chi connectivity index (χ3n) is 4.14. The first-order chi connectivity index (χ1) is 10.0. The van der Waals surface area contributed by atoms with E-state index in [0.29, 0.717) is 19.5 Å². The number of alkyl halides is 2. The van der Waals surface area contributed by atoms with Gasteiger partial charge in [0.25, 0.3) is 0 Å². The molecule has 2 fully saturated rings. The third kappa shape index (κ3) is 2.92. The number of halogens is 2. The van der Waals surface area contributed by atoms with Crippen molar-refractivity contribution < 1.29 is 9.53 Å². The van der Waals surface area contributed by atoms with Gasteiger partial charge in [-0.1, -0.05) is 12.1 Å². The lowest BCUT2D eigenvalue weighted by Gasteiger charge is -2.36. The topological polar surface area (TPSA) is 32.8 Å². The Morgan fingerprint density at radius 2 is 1.86 bits per heavy atom. The van der Waals surface area contributed by atoms with E-state index < -0.39 is 4.33 Å². The lowest BCUT2D eigenvalue weighted by atomic mass is 10.2. The molecule has 6 heteroatoms. The minimum absolute atomic E-state index is 0.0830. The Kier molecular flexibility index (Phi) is 3.93. The Hall–Kier alpha value is -1.13. The van der Waals surface area contributed by atoms with E-state index in [0.717, 1.165) is 24.5 Å². The number of nitrogens with zero attached hydrogens (tertiary/aromatic N) is 2. The van der Waals surface area contributed by atoms with Crippen LogP contribution < -0.4 is 9.64 Å². The van der Waals surface area contributed by atoms with Gasteiger partial charge in [0.1, 0.15) is 10.1 Å². The number of carbonyl (C=O) groups excluding carboxylic acids is 1. The van der Waals surface area contributed by atoms with Crippen LogP contribution in [0.4, 0.5) is 5.69 Å². The number of hydrogen-bond acceptors (Lipinski definition) is 3. The monoisotopic (exact) mass is 328 g/mol. The van der Waals surface area contributed by atoms with Gasteiger partial charge in [0.05, 0.1) is 18.7 Å². The van der Waals surface area contributed by atoms with Crippen molar-refractivity contribution in [2.24, 2.45) is 5.92 Å².